The van der Waals surface area contributed by atoms with Gasteiger partial charge in [-0.1, -0.05) is 65.7 Å². The van der Waals surface area contributed by atoms with E-state index in [-0.39, 0.29) is 11.4 Å². The maximum atomic E-state index is 13.4. The molecule has 0 atom stereocenters. The number of amides is 1. The van der Waals surface area contributed by atoms with E-state index in [1.807, 2.05) is 55.5 Å². The third-order valence-electron chi connectivity index (χ3n) is 5.07. The van der Waals surface area contributed by atoms with Crippen LogP contribution >= 0.6 is 11.6 Å². The summed E-state index contributed by atoms with van der Waals surface area (Å²) in [7, 11) is -4.00. The van der Waals surface area contributed by atoms with Crippen molar-refractivity contribution >= 4 is 49.7 Å². The standard InChI is InChI=1S/C25H21ClN2O3S/c1-18-9-13-21(14-10-18)28(32(30,31)22-15-11-20(26)12-16-22)17-25(29)27-24-8-4-6-19-5-2-3-7-23(19)24/h2-16H,17H2,1H3,(H,27,29). The number of nitrogens with one attached hydrogen (secondary N) is 1. The summed E-state index contributed by atoms with van der Waals surface area (Å²) in [5.41, 5.74) is 2.01. The molecule has 5 nitrogen and oxygen atoms in total. The molecule has 0 aliphatic carbocycles. The van der Waals surface area contributed by atoms with Gasteiger partial charge in [-0.2, -0.15) is 0 Å². The second-order valence-electron chi connectivity index (χ2n) is 7.38. The summed E-state index contributed by atoms with van der Waals surface area (Å²) in [4.78, 5) is 13.1. The molecule has 0 bridgehead atoms. The van der Waals surface area contributed by atoms with E-state index in [9.17, 15) is 13.2 Å². The van der Waals surface area contributed by atoms with Gasteiger partial charge in [0.25, 0.3) is 10.0 Å². The Morgan fingerprint density at radius 2 is 1.53 bits per heavy atom. The number of carbonyl (C=O) groups is 1. The summed E-state index contributed by atoms with van der Waals surface area (Å²) in [6, 6.07) is 26.2. The highest BCUT2D eigenvalue weighted by Gasteiger charge is 2.27. The molecule has 4 aromatic rings. The largest absolute Gasteiger partial charge is 0.324 e. The van der Waals surface area contributed by atoms with Crippen LogP contribution in [-0.2, 0) is 14.8 Å². The molecule has 1 N–H and O–H groups in total. The van der Waals surface area contributed by atoms with Gasteiger partial charge >= 0.3 is 0 Å². The Bertz CT molecular complexity index is 1360. The molecule has 7 heteroatoms. The van der Waals surface area contributed by atoms with Crippen LogP contribution in [0.25, 0.3) is 10.8 Å². The summed E-state index contributed by atoms with van der Waals surface area (Å²) < 4.78 is 28.0. The number of benzene rings is 4. The van der Waals surface area contributed by atoms with Gasteiger partial charge in [0.05, 0.1) is 10.6 Å². The van der Waals surface area contributed by atoms with Crippen LogP contribution in [0.15, 0.2) is 95.9 Å². The van der Waals surface area contributed by atoms with Gasteiger partial charge in [0.1, 0.15) is 6.54 Å². The van der Waals surface area contributed by atoms with E-state index in [4.69, 9.17) is 11.6 Å². The highest BCUT2D eigenvalue weighted by atomic mass is 35.5. The molecule has 0 fully saturated rings. The maximum absolute atomic E-state index is 13.4. The molecule has 162 valence electrons. The Morgan fingerprint density at radius 1 is 0.875 bits per heavy atom. The smallest absolute Gasteiger partial charge is 0.264 e. The Labute approximate surface area is 192 Å². The average molecular weight is 465 g/mol. The third kappa shape index (κ3) is 4.61. The zero-order valence-electron chi connectivity index (χ0n) is 17.3. The second kappa shape index (κ2) is 9.02. The van der Waals surface area contributed by atoms with Gasteiger partial charge in [0.15, 0.2) is 0 Å². The van der Waals surface area contributed by atoms with Gasteiger partial charge in [0, 0.05) is 16.1 Å². The molecular formula is C25H21ClN2O3S. The van der Waals surface area contributed by atoms with Crippen molar-refractivity contribution in [3.63, 3.8) is 0 Å². The van der Waals surface area contributed by atoms with E-state index < -0.39 is 15.9 Å². The average Bonchev–Trinajstić information content (AvgIpc) is 2.79. The minimum atomic E-state index is -4.00. The van der Waals surface area contributed by atoms with E-state index in [1.165, 1.54) is 24.3 Å². The lowest BCUT2D eigenvalue weighted by atomic mass is 10.1. The summed E-state index contributed by atoms with van der Waals surface area (Å²) >= 11 is 5.93. The lowest BCUT2D eigenvalue weighted by Crippen LogP contribution is -2.38. The van der Waals surface area contributed by atoms with Crippen LogP contribution in [-0.4, -0.2) is 20.9 Å². The molecule has 32 heavy (non-hydrogen) atoms. The number of nitrogens with zero attached hydrogens (tertiary/aromatic N) is 1. The van der Waals surface area contributed by atoms with Gasteiger partial charge in [-0.3, -0.25) is 9.10 Å². The van der Waals surface area contributed by atoms with Crippen molar-refractivity contribution in [3.8, 4) is 0 Å². The number of sulfonamides is 1. The molecule has 4 rings (SSSR count). The number of hydrogen-bond acceptors (Lipinski definition) is 3. The number of anilines is 2. The van der Waals surface area contributed by atoms with Gasteiger partial charge in [0.2, 0.25) is 5.91 Å². The minimum Gasteiger partial charge on any atom is -0.324 e. The topological polar surface area (TPSA) is 66.5 Å². The summed E-state index contributed by atoms with van der Waals surface area (Å²) in [5.74, 6) is -0.445. The van der Waals surface area contributed by atoms with Crippen molar-refractivity contribution < 1.29 is 13.2 Å². The van der Waals surface area contributed by atoms with Gasteiger partial charge < -0.3 is 5.32 Å². The molecule has 4 aromatic carbocycles. The van der Waals surface area contributed by atoms with Crippen LogP contribution in [0.5, 0.6) is 0 Å². The third-order valence-corrected chi connectivity index (χ3v) is 7.11. The number of aryl methyl sites for hydroxylation is 1. The zero-order valence-corrected chi connectivity index (χ0v) is 18.9. The Hall–Kier alpha value is -3.35. The first-order chi connectivity index (χ1) is 15.3. The summed E-state index contributed by atoms with van der Waals surface area (Å²) in [6.07, 6.45) is 0. The Balaban J connectivity index is 1.68. The molecule has 0 radical (unpaired) electrons. The van der Waals surface area contributed by atoms with E-state index in [1.54, 1.807) is 18.2 Å². The van der Waals surface area contributed by atoms with Gasteiger partial charge in [-0.15, -0.1) is 0 Å². The first kappa shape index (κ1) is 21.9. The number of rotatable bonds is 6. The first-order valence-electron chi connectivity index (χ1n) is 9.97. The molecule has 0 aliphatic rings. The fraction of sp³-hybridized carbons (Fsp3) is 0.0800. The highest BCUT2D eigenvalue weighted by molar-refractivity contribution is 7.92. The zero-order chi connectivity index (χ0) is 22.7. The molecule has 0 unspecified atom stereocenters. The SMILES string of the molecule is Cc1ccc(N(CC(=O)Nc2cccc3ccccc23)S(=O)(=O)c2ccc(Cl)cc2)cc1. The maximum Gasteiger partial charge on any atom is 0.264 e. The number of halogens is 1. The quantitative estimate of drug-likeness (QED) is 0.401. The van der Waals surface area contributed by atoms with E-state index in [0.29, 0.717) is 16.4 Å². The molecular weight excluding hydrogens is 444 g/mol. The predicted molar refractivity (Wildman–Crippen MR) is 130 cm³/mol. The lowest BCUT2D eigenvalue weighted by Gasteiger charge is -2.24. The molecule has 0 saturated heterocycles. The molecule has 0 aliphatic heterocycles. The van der Waals surface area contributed by atoms with Crippen molar-refractivity contribution in [1.82, 2.24) is 0 Å². The van der Waals surface area contributed by atoms with Gasteiger partial charge in [-0.05, 0) is 54.8 Å². The molecule has 0 spiro atoms. The normalized spacial score (nSPS) is 11.3. The molecule has 1 amide bonds. The van der Waals surface area contributed by atoms with Crippen LogP contribution in [0.2, 0.25) is 5.02 Å². The highest BCUT2D eigenvalue weighted by Crippen LogP contribution is 2.26. The Kier molecular flexibility index (Phi) is 6.17. The van der Waals surface area contributed by atoms with E-state index >= 15 is 0 Å². The number of fused-ring (bicyclic) bond motifs is 1. The molecule has 0 saturated carbocycles. The van der Waals surface area contributed by atoms with Crippen LogP contribution in [0.4, 0.5) is 11.4 Å². The van der Waals surface area contributed by atoms with Crippen molar-refractivity contribution in [1.29, 1.82) is 0 Å². The second-order valence-corrected chi connectivity index (χ2v) is 9.67. The fourth-order valence-electron chi connectivity index (χ4n) is 3.41. The van der Waals surface area contributed by atoms with Crippen molar-refractivity contribution in [3.05, 3.63) is 102 Å². The number of carbonyl (C=O) groups excluding carboxylic acids is 1. The van der Waals surface area contributed by atoms with Crippen molar-refractivity contribution in [2.45, 2.75) is 11.8 Å². The summed E-state index contributed by atoms with van der Waals surface area (Å²) in [5, 5.41) is 5.15. The van der Waals surface area contributed by atoms with Crippen molar-refractivity contribution in [2.24, 2.45) is 0 Å². The summed E-state index contributed by atoms with van der Waals surface area (Å²) in [6.45, 7) is 1.53. The van der Waals surface area contributed by atoms with Crippen LogP contribution in [0.1, 0.15) is 5.56 Å². The van der Waals surface area contributed by atoms with Gasteiger partial charge in [-0.25, -0.2) is 8.42 Å². The lowest BCUT2D eigenvalue weighted by molar-refractivity contribution is -0.114. The first-order valence-corrected chi connectivity index (χ1v) is 11.8. The predicted octanol–water partition coefficient (Wildman–Crippen LogP) is 5.64. The van der Waals surface area contributed by atoms with Crippen LogP contribution in [0, 0.1) is 6.92 Å². The van der Waals surface area contributed by atoms with E-state index in [2.05, 4.69) is 5.32 Å². The van der Waals surface area contributed by atoms with Crippen molar-refractivity contribution in [2.75, 3.05) is 16.2 Å². The van der Waals surface area contributed by atoms with Crippen LogP contribution in [0.3, 0.4) is 0 Å². The van der Waals surface area contributed by atoms with Crippen LogP contribution < -0.4 is 9.62 Å². The molecule has 0 aromatic heterocycles. The fourth-order valence-corrected chi connectivity index (χ4v) is 4.96. The monoisotopic (exact) mass is 464 g/mol. The Morgan fingerprint density at radius 3 is 2.25 bits per heavy atom. The van der Waals surface area contributed by atoms with E-state index in [0.717, 1.165) is 20.6 Å². The minimum absolute atomic E-state index is 0.0560. The molecule has 0 heterocycles. The number of hydrogen-bond donors (Lipinski definition) is 1.